The summed E-state index contributed by atoms with van der Waals surface area (Å²) in [6.07, 6.45) is 1.57. The molecule has 0 spiro atoms. The topological polar surface area (TPSA) is 377 Å². The lowest BCUT2D eigenvalue weighted by molar-refractivity contribution is -0.139. The van der Waals surface area contributed by atoms with Crippen LogP contribution in [-0.4, -0.2) is 131 Å². The summed E-state index contributed by atoms with van der Waals surface area (Å²) in [6, 6.07) is 38.6. The summed E-state index contributed by atoms with van der Waals surface area (Å²) in [6.45, 7) is 33.8. The number of nitrogens with zero attached hydrogens (tertiary/aromatic N) is 6. The number of carbonyl (C=O) groups excluding carboxylic acids is 11. The molecule has 0 aliphatic carbocycles. The molecule has 1 heterocycles. The van der Waals surface area contributed by atoms with Crippen LogP contribution in [0, 0.1) is 11.3 Å². The normalized spacial score (nSPS) is 11.2. The summed E-state index contributed by atoms with van der Waals surface area (Å²) in [5, 5.41) is 10.7. The predicted octanol–water partition coefficient (Wildman–Crippen LogP) is 16.8. The number of aldehydes is 2. The average Bonchev–Trinajstić information content (AvgIpc) is 0.762. The lowest BCUT2D eigenvalue weighted by Gasteiger charge is -2.20. The number of esters is 4. The van der Waals surface area contributed by atoms with E-state index in [1.54, 1.807) is 157 Å². The zero-order valence-corrected chi connectivity index (χ0v) is 65.4. The van der Waals surface area contributed by atoms with Gasteiger partial charge < -0.3 is 61.7 Å². The van der Waals surface area contributed by atoms with Gasteiger partial charge in [0, 0.05) is 57.3 Å². The van der Waals surface area contributed by atoms with E-state index >= 15 is 0 Å². The molecule has 8 aromatic rings. The molecule has 7 aromatic carbocycles. The Bertz CT molecular complexity index is 5090. The molecule has 29 nitrogen and oxygen atoms in total. The van der Waals surface area contributed by atoms with E-state index in [4.69, 9.17) is 57.4 Å². The van der Waals surface area contributed by atoms with E-state index in [9.17, 15) is 52.7 Å². The van der Waals surface area contributed by atoms with Gasteiger partial charge in [0.1, 0.15) is 81.4 Å². The van der Waals surface area contributed by atoms with Gasteiger partial charge in [-0.05, 0) is 204 Å². The Labute approximate surface area is 657 Å². The summed E-state index contributed by atoms with van der Waals surface area (Å²) >= 11 is 0. The molecule has 0 atom stereocenters. The fraction of sp³-hybridized carbons (Fsp3) is 0.247. The molecule has 29 heteroatoms. The number of benzene rings is 7. The van der Waals surface area contributed by atoms with Gasteiger partial charge >= 0.3 is 48.5 Å². The second-order valence-electron chi connectivity index (χ2n) is 28.2. The molecule has 114 heavy (non-hydrogen) atoms. The predicted molar refractivity (Wildman–Crippen MR) is 420 cm³/mol. The minimum absolute atomic E-state index is 0.0136. The third kappa shape index (κ3) is 28.3. The second kappa shape index (κ2) is 39.9. The highest BCUT2D eigenvalue weighted by molar-refractivity contribution is 6.00. The average molecular weight is 1560 g/mol. The Morgan fingerprint density at radius 1 is 0.500 bits per heavy atom. The summed E-state index contributed by atoms with van der Waals surface area (Å²) in [7, 11) is 1.19. The Morgan fingerprint density at radius 2 is 0.974 bits per heavy atom. The van der Waals surface area contributed by atoms with Crippen LogP contribution in [0.5, 0.6) is 34.5 Å². The van der Waals surface area contributed by atoms with Crippen LogP contribution in [0.25, 0.3) is 51.0 Å². The minimum Gasteiger partial charge on any atom is -0.465 e. The monoisotopic (exact) mass is 1560 g/mol. The molecule has 0 bridgehead atoms. The van der Waals surface area contributed by atoms with E-state index < -0.39 is 70.9 Å². The number of ether oxygens (including phenoxy) is 12. The molecular weight excluding hydrogens is 1470 g/mol. The molecule has 592 valence electrons. The molecule has 0 fully saturated rings. The van der Waals surface area contributed by atoms with Crippen LogP contribution in [0.4, 0.5) is 30.6 Å². The quantitative estimate of drug-likeness (QED) is 0.00839. The molecule has 0 saturated carbocycles. The number of rotatable bonds is 23. The minimum atomic E-state index is -1.13. The first kappa shape index (κ1) is 88.6. The van der Waals surface area contributed by atoms with Crippen molar-refractivity contribution in [3.63, 3.8) is 0 Å². The lowest BCUT2D eigenvalue weighted by atomic mass is 10.1. The molecule has 0 N–H and O–H groups in total. The van der Waals surface area contributed by atoms with Crippen LogP contribution in [0.1, 0.15) is 129 Å². The van der Waals surface area contributed by atoms with Crippen LogP contribution in [0.15, 0.2) is 187 Å². The maximum atomic E-state index is 13.0. The van der Waals surface area contributed by atoms with Gasteiger partial charge in [0.15, 0.2) is 29.5 Å². The van der Waals surface area contributed by atoms with E-state index in [0.717, 1.165) is 22.4 Å². The fourth-order valence-corrected chi connectivity index (χ4v) is 9.15. The number of hydrogen-bond donors (Lipinski definition) is 0. The summed E-state index contributed by atoms with van der Waals surface area (Å²) < 4.78 is 63.1. The Morgan fingerprint density at radius 3 is 1.47 bits per heavy atom. The van der Waals surface area contributed by atoms with Crippen molar-refractivity contribution in [1.29, 1.82) is 5.26 Å². The van der Waals surface area contributed by atoms with Crippen LogP contribution >= 0.6 is 0 Å². The van der Waals surface area contributed by atoms with E-state index in [1.165, 1.54) is 79.6 Å². The van der Waals surface area contributed by atoms with Crippen molar-refractivity contribution >= 4 is 102 Å². The van der Waals surface area contributed by atoms with Crippen molar-refractivity contribution < 1.29 is 110 Å². The first-order valence-electron chi connectivity index (χ1n) is 34.6. The van der Waals surface area contributed by atoms with Crippen molar-refractivity contribution in [2.45, 2.75) is 119 Å². The van der Waals surface area contributed by atoms with E-state index in [2.05, 4.69) is 44.4 Å². The number of methoxy groups -OCH3 is 1. The molecule has 0 aliphatic rings. The standard InChI is InChI=1S/C41H41N3O13.C26H25NO5.C18H18N2O5/c1-11-32(47)51-25-13-16-27(24(19-25)22-46)33-42-34(28-15-12-23(21-45)18-30(28)53-37(49)56-40(5,6)7)44-35(43-33)29-17-14-26(52-36(48)55-39(2,3)4)20-31(29)54-38(50)57-41(8,9)10;1-17(2)24(28)30-20-13-10-18(11-14-20)16-27-23-21-9-7-6-8-19(21)12-15-22(23)31-25(29)32-26(3,4)5;1-13(2)17(22)25-9-8-20(12-21)16-6-4-14(5-7-16)10-15(11-19)18(23)24-3/h11-22H,1H2,2-10H3;6-16H,1H2,2-5H3;4-7,10,12H,1,8-9H2,2-3H3/b;;15-10-. The highest BCUT2D eigenvalue weighted by atomic mass is 16.8. The van der Waals surface area contributed by atoms with Gasteiger partial charge in [0.25, 0.3) is 0 Å². The zero-order chi connectivity index (χ0) is 84.4. The summed E-state index contributed by atoms with van der Waals surface area (Å²) in [5.74, 6) is -2.71. The van der Waals surface area contributed by atoms with Gasteiger partial charge in [-0.2, -0.15) is 5.26 Å². The van der Waals surface area contributed by atoms with Gasteiger partial charge in [-0.15, -0.1) is 0 Å². The van der Waals surface area contributed by atoms with Crippen LogP contribution < -0.4 is 33.3 Å². The molecule has 0 aliphatic heterocycles. The number of nitriles is 1. The Balaban J connectivity index is 0.000000297. The van der Waals surface area contributed by atoms with Crippen LogP contribution in [0.2, 0.25) is 0 Å². The molecular formula is C85H84N6O23. The van der Waals surface area contributed by atoms with E-state index in [1.807, 2.05) is 30.3 Å². The molecule has 0 unspecified atom stereocenters. The molecule has 0 saturated heterocycles. The van der Waals surface area contributed by atoms with E-state index in [-0.39, 0.29) is 92.6 Å². The summed E-state index contributed by atoms with van der Waals surface area (Å²) in [5.41, 5.74) is -0.168. The molecule has 1 amide bonds. The van der Waals surface area contributed by atoms with Crippen LogP contribution in [0.3, 0.4) is 0 Å². The van der Waals surface area contributed by atoms with Gasteiger partial charge in [0.2, 0.25) is 6.41 Å². The van der Waals surface area contributed by atoms with Gasteiger partial charge in [0.05, 0.1) is 24.8 Å². The smallest absolute Gasteiger partial charge is 0.465 e. The maximum absolute atomic E-state index is 13.0. The fourth-order valence-electron chi connectivity index (χ4n) is 9.15. The molecule has 8 rings (SSSR count). The first-order chi connectivity index (χ1) is 53.6. The maximum Gasteiger partial charge on any atom is 0.514 e. The van der Waals surface area contributed by atoms with Gasteiger partial charge in [-0.1, -0.05) is 68.3 Å². The second-order valence-corrected chi connectivity index (χ2v) is 28.2. The number of fused-ring (bicyclic) bond motifs is 1. The first-order valence-corrected chi connectivity index (χ1v) is 34.6. The van der Waals surface area contributed by atoms with E-state index in [0.29, 0.717) is 53.0 Å². The molecule has 0 radical (unpaired) electrons. The number of aliphatic imine (C=N–C) groups is 1. The zero-order valence-electron chi connectivity index (χ0n) is 65.4. The number of anilines is 1. The number of aromatic nitrogens is 3. The number of hydrogen-bond acceptors (Lipinski definition) is 28. The molecule has 1 aromatic heterocycles. The van der Waals surface area contributed by atoms with Crippen molar-refractivity contribution in [1.82, 2.24) is 15.0 Å². The van der Waals surface area contributed by atoms with Crippen molar-refractivity contribution in [3.05, 3.63) is 204 Å². The van der Waals surface area contributed by atoms with Crippen molar-refractivity contribution in [3.8, 4) is 74.7 Å². The third-order valence-electron chi connectivity index (χ3n) is 14.1. The number of carbonyl (C=O) groups is 11. The number of amides is 1. The lowest BCUT2D eigenvalue weighted by Crippen LogP contribution is -2.26. The van der Waals surface area contributed by atoms with Crippen LogP contribution in [-0.2, 0) is 52.4 Å². The van der Waals surface area contributed by atoms with Crippen molar-refractivity contribution in [2.24, 2.45) is 4.99 Å². The van der Waals surface area contributed by atoms with Gasteiger partial charge in [-0.25, -0.2) is 53.3 Å². The Kier molecular flexibility index (Phi) is 31.0. The van der Waals surface area contributed by atoms with Gasteiger partial charge in [-0.3, -0.25) is 19.4 Å². The highest BCUT2D eigenvalue weighted by Gasteiger charge is 2.28. The highest BCUT2D eigenvalue weighted by Crippen LogP contribution is 2.40. The summed E-state index contributed by atoms with van der Waals surface area (Å²) in [4.78, 5) is 152. The Hall–Kier alpha value is -14.3. The largest absolute Gasteiger partial charge is 0.514 e. The van der Waals surface area contributed by atoms with Crippen molar-refractivity contribution in [2.75, 3.05) is 25.2 Å². The third-order valence-corrected chi connectivity index (χ3v) is 14.1. The SMILES string of the molecule is C=C(C)C(=O)OCCN(C=O)c1ccc(/C=C(/C#N)C(=O)OC)cc1.C=C(C)C(=O)Oc1ccc(C=Nc2c(OC(=O)OC(C)(C)C)ccc3ccccc23)cc1.C=CC(=O)Oc1ccc(-c2nc(-c3ccc(C=O)cc3OC(=O)OC(C)(C)C)nc(-c3ccc(OC(=O)OC(C)(C)C)cc3OC(=O)OC(C)(C)C)n2)c(C=O)c1.